The first-order valence-corrected chi connectivity index (χ1v) is 8.36. The highest BCUT2D eigenvalue weighted by molar-refractivity contribution is 9.10. The zero-order valence-corrected chi connectivity index (χ0v) is 13.2. The summed E-state index contributed by atoms with van der Waals surface area (Å²) in [7, 11) is -4.12. The predicted octanol–water partition coefficient (Wildman–Crippen LogP) is 3.29. The van der Waals surface area contributed by atoms with Gasteiger partial charge in [-0.3, -0.25) is 4.72 Å². The van der Waals surface area contributed by atoms with E-state index in [2.05, 4.69) is 15.9 Å². The highest BCUT2D eigenvalue weighted by Gasteiger charge is 2.23. The third-order valence-corrected chi connectivity index (χ3v) is 6.40. The van der Waals surface area contributed by atoms with Crippen LogP contribution in [0, 0.1) is 11.6 Å². The van der Waals surface area contributed by atoms with Gasteiger partial charge in [-0.15, -0.1) is 11.3 Å². The molecule has 0 saturated carbocycles. The fourth-order valence-corrected chi connectivity index (χ4v) is 4.88. The zero-order chi connectivity index (χ0) is 15.8. The van der Waals surface area contributed by atoms with Gasteiger partial charge in [0.2, 0.25) is 0 Å². The Balaban J connectivity index is 2.51. The van der Waals surface area contributed by atoms with Crippen molar-refractivity contribution in [3.05, 3.63) is 45.2 Å². The molecule has 2 aromatic rings. The molecule has 0 aliphatic heterocycles. The lowest BCUT2D eigenvalue weighted by molar-refractivity contribution is 0.0697. The topological polar surface area (TPSA) is 83.5 Å². The number of benzene rings is 1. The van der Waals surface area contributed by atoms with Crippen molar-refractivity contribution in [1.82, 2.24) is 0 Å². The average molecular weight is 398 g/mol. The molecule has 112 valence electrons. The van der Waals surface area contributed by atoms with Crippen LogP contribution < -0.4 is 4.72 Å². The van der Waals surface area contributed by atoms with E-state index in [1.54, 1.807) is 0 Å². The Labute approximate surface area is 130 Å². The molecule has 0 fully saturated rings. The van der Waals surface area contributed by atoms with Crippen LogP contribution in [0.15, 0.2) is 32.3 Å². The summed E-state index contributed by atoms with van der Waals surface area (Å²) >= 11 is 3.91. The Hall–Kier alpha value is -1.52. The maximum absolute atomic E-state index is 13.2. The van der Waals surface area contributed by atoms with Gasteiger partial charge in [0, 0.05) is 10.5 Å². The number of nitrogens with one attached hydrogen (secondary N) is 1. The van der Waals surface area contributed by atoms with Crippen LogP contribution in [0.5, 0.6) is 0 Å². The standard InChI is InChI=1S/C11H6BrF2NO4S2/c12-6-1-2-20-11(6)21(18,19)15-9-4-8(14)7(13)3-5(9)10(16)17/h1-4,15H,(H,16,17). The molecular weight excluding hydrogens is 392 g/mol. The summed E-state index contributed by atoms with van der Waals surface area (Å²) in [6.45, 7) is 0. The molecule has 21 heavy (non-hydrogen) atoms. The fraction of sp³-hybridized carbons (Fsp3) is 0. The molecule has 0 saturated heterocycles. The van der Waals surface area contributed by atoms with E-state index in [0.29, 0.717) is 12.1 Å². The molecule has 0 spiro atoms. The summed E-state index contributed by atoms with van der Waals surface area (Å²) in [4.78, 5) is 11.0. The Morgan fingerprint density at radius 2 is 1.90 bits per heavy atom. The molecule has 0 atom stereocenters. The van der Waals surface area contributed by atoms with Gasteiger partial charge in [-0.1, -0.05) is 0 Å². The van der Waals surface area contributed by atoms with E-state index in [9.17, 15) is 22.0 Å². The number of hydrogen-bond donors (Lipinski definition) is 2. The molecule has 0 aliphatic rings. The van der Waals surface area contributed by atoms with Gasteiger partial charge in [-0.05, 0) is 33.4 Å². The van der Waals surface area contributed by atoms with Gasteiger partial charge in [-0.25, -0.2) is 22.0 Å². The molecular formula is C11H6BrF2NO4S2. The Morgan fingerprint density at radius 3 is 2.43 bits per heavy atom. The van der Waals surface area contributed by atoms with Crippen LogP contribution >= 0.6 is 27.3 Å². The van der Waals surface area contributed by atoms with Gasteiger partial charge >= 0.3 is 5.97 Å². The van der Waals surface area contributed by atoms with Gasteiger partial charge in [0.15, 0.2) is 15.8 Å². The second-order valence-corrected chi connectivity index (χ2v) is 7.43. The lowest BCUT2D eigenvalue weighted by Crippen LogP contribution is -2.15. The number of hydrogen-bond acceptors (Lipinski definition) is 4. The minimum absolute atomic E-state index is 0.108. The highest BCUT2D eigenvalue weighted by atomic mass is 79.9. The van der Waals surface area contributed by atoms with Crippen LogP contribution in [-0.4, -0.2) is 19.5 Å². The number of halogens is 3. The normalized spacial score (nSPS) is 11.4. The molecule has 2 N–H and O–H groups in total. The number of carbonyl (C=O) groups is 1. The SMILES string of the molecule is O=C(O)c1cc(F)c(F)cc1NS(=O)(=O)c1sccc1Br. The summed E-state index contributed by atoms with van der Waals surface area (Å²) in [5, 5.41) is 10.4. The first-order valence-electron chi connectivity index (χ1n) is 5.20. The molecule has 5 nitrogen and oxygen atoms in total. The van der Waals surface area contributed by atoms with Gasteiger partial charge in [0.25, 0.3) is 10.0 Å². The minimum Gasteiger partial charge on any atom is -0.478 e. The molecule has 2 rings (SSSR count). The first-order chi connectivity index (χ1) is 9.72. The molecule has 0 aliphatic carbocycles. The summed E-state index contributed by atoms with van der Waals surface area (Å²) in [5.74, 6) is -4.33. The lowest BCUT2D eigenvalue weighted by Gasteiger charge is -2.10. The van der Waals surface area contributed by atoms with Crippen molar-refractivity contribution in [2.24, 2.45) is 0 Å². The van der Waals surface area contributed by atoms with E-state index >= 15 is 0 Å². The third kappa shape index (κ3) is 3.22. The van der Waals surface area contributed by atoms with E-state index in [1.807, 2.05) is 4.72 Å². The average Bonchev–Trinajstić information content (AvgIpc) is 2.80. The number of aromatic carboxylic acids is 1. The number of rotatable bonds is 4. The Morgan fingerprint density at radius 1 is 1.29 bits per heavy atom. The smallest absolute Gasteiger partial charge is 0.337 e. The van der Waals surface area contributed by atoms with E-state index in [0.717, 1.165) is 11.3 Å². The molecule has 0 radical (unpaired) electrons. The summed E-state index contributed by atoms with van der Waals surface area (Å²) < 4.78 is 52.6. The Kier molecular flexibility index (Phi) is 4.30. The number of thiophene rings is 1. The van der Waals surface area contributed by atoms with Crippen LogP contribution in [0.3, 0.4) is 0 Å². The largest absolute Gasteiger partial charge is 0.478 e. The van der Waals surface area contributed by atoms with Crippen LogP contribution in [0.25, 0.3) is 0 Å². The molecule has 1 aromatic carbocycles. The van der Waals surface area contributed by atoms with Crippen molar-refractivity contribution in [1.29, 1.82) is 0 Å². The van der Waals surface area contributed by atoms with E-state index in [-0.39, 0.29) is 8.68 Å². The van der Waals surface area contributed by atoms with E-state index in [4.69, 9.17) is 5.11 Å². The molecule has 0 unspecified atom stereocenters. The van der Waals surface area contributed by atoms with Crippen LogP contribution in [0.4, 0.5) is 14.5 Å². The second-order valence-electron chi connectivity index (χ2n) is 3.78. The predicted molar refractivity (Wildman–Crippen MR) is 76.1 cm³/mol. The number of sulfonamides is 1. The molecule has 1 aromatic heterocycles. The van der Waals surface area contributed by atoms with Crippen molar-refractivity contribution in [3.63, 3.8) is 0 Å². The van der Waals surface area contributed by atoms with Crippen LogP contribution in [0.2, 0.25) is 0 Å². The number of anilines is 1. The van der Waals surface area contributed by atoms with Crippen molar-refractivity contribution < 1.29 is 27.1 Å². The molecule has 10 heteroatoms. The zero-order valence-electron chi connectivity index (χ0n) is 9.93. The minimum atomic E-state index is -4.12. The maximum atomic E-state index is 13.2. The second kappa shape index (κ2) is 5.70. The van der Waals surface area contributed by atoms with E-state index < -0.39 is 38.9 Å². The summed E-state index contributed by atoms with van der Waals surface area (Å²) in [5.41, 5.74) is -1.24. The monoisotopic (exact) mass is 397 g/mol. The fourth-order valence-electron chi connectivity index (χ4n) is 1.47. The van der Waals surface area contributed by atoms with Gasteiger partial charge in [-0.2, -0.15) is 0 Å². The summed E-state index contributed by atoms with van der Waals surface area (Å²) in [6.07, 6.45) is 0. The van der Waals surface area contributed by atoms with Gasteiger partial charge in [0.05, 0.1) is 11.3 Å². The number of carboxylic acids is 1. The Bertz CT molecular complexity index is 820. The van der Waals surface area contributed by atoms with Crippen LogP contribution in [-0.2, 0) is 10.0 Å². The van der Waals surface area contributed by atoms with Crippen molar-refractivity contribution in [2.45, 2.75) is 4.21 Å². The molecule has 0 bridgehead atoms. The van der Waals surface area contributed by atoms with Gasteiger partial charge < -0.3 is 5.11 Å². The first kappa shape index (κ1) is 15.9. The van der Waals surface area contributed by atoms with Crippen molar-refractivity contribution in [3.8, 4) is 0 Å². The van der Waals surface area contributed by atoms with Crippen molar-refractivity contribution >= 4 is 48.9 Å². The van der Waals surface area contributed by atoms with Gasteiger partial charge in [0.1, 0.15) is 0 Å². The third-order valence-electron chi connectivity index (χ3n) is 2.36. The van der Waals surface area contributed by atoms with Crippen LogP contribution in [0.1, 0.15) is 10.4 Å². The molecule has 0 amide bonds. The summed E-state index contributed by atoms with van der Waals surface area (Å²) in [6, 6.07) is 2.39. The van der Waals surface area contributed by atoms with Crippen molar-refractivity contribution in [2.75, 3.05) is 4.72 Å². The highest BCUT2D eigenvalue weighted by Crippen LogP contribution is 2.30. The lowest BCUT2D eigenvalue weighted by atomic mass is 10.2. The number of carboxylic acid groups (broad SMARTS) is 1. The quantitative estimate of drug-likeness (QED) is 0.828. The van der Waals surface area contributed by atoms with E-state index in [1.165, 1.54) is 11.4 Å². The molecule has 1 heterocycles. The maximum Gasteiger partial charge on any atom is 0.337 e.